The highest BCUT2D eigenvalue weighted by atomic mass is 35.5. The van der Waals surface area contributed by atoms with E-state index in [1.807, 2.05) is 0 Å². The van der Waals surface area contributed by atoms with Gasteiger partial charge in [-0.3, -0.25) is 4.57 Å². The van der Waals surface area contributed by atoms with E-state index < -0.39 is 50.2 Å². The van der Waals surface area contributed by atoms with Gasteiger partial charge in [-0.2, -0.15) is 9.97 Å². The quantitative estimate of drug-likeness (QED) is 0.185. The molecule has 0 radical (unpaired) electrons. The maximum Gasteiger partial charge on any atom is 0.365 e. The zero-order valence-corrected chi connectivity index (χ0v) is 17.2. The third kappa shape index (κ3) is 4.39. The van der Waals surface area contributed by atoms with E-state index in [-0.39, 0.29) is 35.3 Å². The van der Waals surface area contributed by atoms with Crippen LogP contribution < -0.4 is 5.73 Å². The van der Waals surface area contributed by atoms with Crippen LogP contribution >= 0.6 is 19.2 Å². The predicted octanol–water partition coefficient (Wildman–Crippen LogP) is -1.18. The summed E-state index contributed by atoms with van der Waals surface area (Å²) >= 11 is 5.82. The highest BCUT2D eigenvalue weighted by Gasteiger charge is 2.46. The number of ether oxygens (including phenoxy) is 2. The van der Waals surface area contributed by atoms with Gasteiger partial charge in [0.05, 0.1) is 25.4 Å². The van der Waals surface area contributed by atoms with Gasteiger partial charge in [0, 0.05) is 5.92 Å². The Kier molecular flexibility index (Phi) is 6.57. The van der Waals surface area contributed by atoms with Crippen LogP contribution in [0.1, 0.15) is 19.4 Å². The lowest BCUT2D eigenvalue weighted by Crippen LogP contribution is -2.33. The summed E-state index contributed by atoms with van der Waals surface area (Å²) in [6.45, 7) is 0.938. The second kappa shape index (κ2) is 8.67. The normalized spacial score (nSPS) is 25.5. The van der Waals surface area contributed by atoms with E-state index in [0.717, 1.165) is 0 Å². The lowest BCUT2D eigenvalue weighted by molar-refractivity contribution is -0.153. The summed E-state index contributed by atoms with van der Waals surface area (Å²) in [7, 11) is -4.97. The van der Waals surface area contributed by atoms with Gasteiger partial charge in [-0.1, -0.05) is 5.21 Å². The summed E-state index contributed by atoms with van der Waals surface area (Å²) in [6, 6.07) is -0.819. The van der Waals surface area contributed by atoms with Gasteiger partial charge < -0.3 is 35.2 Å². The topological polar surface area (TPSA) is 216 Å². The zero-order valence-electron chi connectivity index (χ0n) is 15.6. The Balaban J connectivity index is 1.79. The lowest BCUT2D eigenvalue weighted by Gasteiger charge is -2.21. The molecule has 0 saturated heterocycles. The van der Waals surface area contributed by atoms with E-state index in [1.165, 1.54) is 11.6 Å². The van der Waals surface area contributed by atoms with E-state index in [1.54, 1.807) is 0 Å². The molecule has 0 aromatic carbocycles. The highest BCUT2D eigenvalue weighted by molar-refractivity contribution is 7.53. The smallest absolute Gasteiger partial charge is 0.365 e. The fraction of sp³-hybridized carbons (Fsp3) is 0.643. The molecule has 2 aromatic rings. The minimum absolute atomic E-state index is 0.0110. The van der Waals surface area contributed by atoms with Crippen LogP contribution in [0, 0.1) is 5.92 Å². The maximum absolute atomic E-state index is 11.8. The third-order valence-corrected chi connectivity index (χ3v) is 5.81. The molecule has 1 fully saturated rings. The summed E-state index contributed by atoms with van der Waals surface area (Å²) in [6.07, 6.45) is -2.61. The van der Waals surface area contributed by atoms with Crippen molar-refractivity contribution in [3.63, 3.8) is 0 Å². The fourth-order valence-corrected chi connectivity index (χ4v) is 4.08. The summed E-state index contributed by atoms with van der Waals surface area (Å²) in [5.41, 5.74) is 6.03. The summed E-state index contributed by atoms with van der Waals surface area (Å²) in [4.78, 5) is 38.3. The number of nitrogens with two attached hydrogens (primary N) is 1. The molecule has 166 valence electrons. The lowest BCUT2D eigenvalue weighted by atomic mass is 10.1. The van der Waals surface area contributed by atoms with Crippen LogP contribution in [-0.4, -0.2) is 82.2 Å². The van der Waals surface area contributed by atoms with Crippen molar-refractivity contribution in [1.82, 2.24) is 25.0 Å². The molecule has 6 N–H and O–H groups in total. The number of hydrogen-bond donors (Lipinski definition) is 5. The molecule has 1 unspecified atom stereocenters. The number of carbonyl (C=O) groups excluding carboxylic acids is 1. The molecular formula is C14H20ClN6O8P. The standard InChI is InChI=1S/C14H20ClN6O8P/c1-2-28-12(24)13(30(25,26)27)29-4-5-3-6(9(23)8(5)22)21-11-7(19-20-21)10(16)17-14(15)18-11/h5-6,8-9,13,22-23H,2-4H2,1H3,(H2,16,17,18)(H2,25,26,27)/t5-,6-,8-,9+,13?/m1/s1. The molecule has 1 saturated carbocycles. The molecule has 0 amide bonds. The number of rotatable bonds is 7. The summed E-state index contributed by atoms with van der Waals surface area (Å²) < 4.78 is 22.5. The number of esters is 1. The number of aromatic nitrogens is 5. The van der Waals surface area contributed by atoms with Gasteiger partial charge in [0.25, 0.3) is 5.85 Å². The summed E-state index contributed by atoms with van der Waals surface area (Å²) in [5, 5.41) is 28.4. The number of carbonyl (C=O) groups is 1. The van der Waals surface area contributed by atoms with Crippen molar-refractivity contribution in [2.45, 2.75) is 37.4 Å². The Labute approximate surface area is 174 Å². The first-order valence-corrected chi connectivity index (χ1v) is 10.8. The Morgan fingerprint density at radius 3 is 2.70 bits per heavy atom. The van der Waals surface area contributed by atoms with Crippen molar-refractivity contribution in [2.24, 2.45) is 5.92 Å². The fourth-order valence-electron chi connectivity index (χ4n) is 3.28. The van der Waals surface area contributed by atoms with Crippen molar-refractivity contribution in [3.8, 4) is 0 Å². The molecule has 2 aromatic heterocycles. The van der Waals surface area contributed by atoms with Crippen molar-refractivity contribution < 1.29 is 38.8 Å². The van der Waals surface area contributed by atoms with Crippen LogP contribution in [0.5, 0.6) is 0 Å². The van der Waals surface area contributed by atoms with E-state index in [4.69, 9.17) is 22.1 Å². The summed E-state index contributed by atoms with van der Waals surface area (Å²) in [5.74, 6) is -4.16. The molecule has 2 heterocycles. The molecule has 1 aliphatic carbocycles. The molecule has 5 atom stereocenters. The van der Waals surface area contributed by atoms with E-state index in [2.05, 4.69) is 25.0 Å². The van der Waals surface area contributed by atoms with Crippen molar-refractivity contribution >= 4 is 42.1 Å². The number of anilines is 1. The Morgan fingerprint density at radius 1 is 1.37 bits per heavy atom. The molecule has 0 spiro atoms. The van der Waals surface area contributed by atoms with Crippen molar-refractivity contribution in [1.29, 1.82) is 0 Å². The Morgan fingerprint density at radius 2 is 2.07 bits per heavy atom. The molecule has 1 aliphatic rings. The van der Waals surface area contributed by atoms with E-state index in [0.29, 0.717) is 0 Å². The second-order valence-corrected chi connectivity index (χ2v) is 8.64. The van der Waals surface area contributed by atoms with E-state index in [9.17, 15) is 29.4 Å². The number of halogens is 1. The zero-order chi connectivity index (χ0) is 22.2. The average Bonchev–Trinajstić information content (AvgIpc) is 3.17. The number of aliphatic hydroxyl groups excluding tert-OH is 2. The number of nitrogen functional groups attached to an aromatic ring is 1. The second-order valence-electron chi connectivity index (χ2n) is 6.66. The molecule has 0 aliphatic heterocycles. The van der Waals surface area contributed by atoms with Crippen LogP contribution in [0.3, 0.4) is 0 Å². The van der Waals surface area contributed by atoms with Crippen LogP contribution in [0.2, 0.25) is 5.28 Å². The van der Waals surface area contributed by atoms with Crippen LogP contribution in [0.25, 0.3) is 11.2 Å². The van der Waals surface area contributed by atoms with Gasteiger partial charge in [0.2, 0.25) is 5.28 Å². The first-order chi connectivity index (χ1) is 14.0. The minimum Gasteiger partial charge on any atom is -0.464 e. The number of aliphatic hydroxyl groups is 2. The van der Waals surface area contributed by atoms with Crippen LogP contribution in [0.15, 0.2) is 0 Å². The molecular weight excluding hydrogens is 447 g/mol. The SMILES string of the molecule is CCOC(=O)C(OC[C@H]1C[C@@H](n2nnc3c(N)nc(Cl)nc32)[C@H](O)[C@@H]1O)P(=O)(O)O. The van der Waals surface area contributed by atoms with Gasteiger partial charge in [-0.25, -0.2) is 9.48 Å². The molecule has 3 rings (SSSR count). The number of nitrogens with zero attached hydrogens (tertiary/aromatic N) is 5. The van der Waals surface area contributed by atoms with Crippen LogP contribution in [0.4, 0.5) is 5.82 Å². The number of hydrogen-bond acceptors (Lipinski definition) is 11. The molecule has 14 nitrogen and oxygen atoms in total. The molecule has 16 heteroatoms. The maximum atomic E-state index is 11.8. The minimum atomic E-state index is -4.97. The van der Waals surface area contributed by atoms with Crippen molar-refractivity contribution in [3.05, 3.63) is 5.28 Å². The molecule has 0 bridgehead atoms. The first-order valence-electron chi connectivity index (χ1n) is 8.78. The Bertz CT molecular complexity index is 985. The van der Waals surface area contributed by atoms with Gasteiger partial charge in [-0.15, -0.1) is 5.10 Å². The monoisotopic (exact) mass is 466 g/mol. The Hall–Kier alpha value is -1.93. The number of fused-ring (bicyclic) bond motifs is 1. The third-order valence-electron chi connectivity index (χ3n) is 4.67. The van der Waals surface area contributed by atoms with E-state index >= 15 is 0 Å². The van der Waals surface area contributed by atoms with Gasteiger partial charge in [0.1, 0.15) is 6.10 Å². The van der Waals surface area contributed by atoms with Crippen LogP contribution in [-0.2, 0) is 18.8 Å². The largest absolute Gasteiger partial charge is 0.464 e. The van der Waals surface area contributed by atoms with Gasteiger partial charge in [-0.05, 0) is 24.9 Å². The van der Waals surface area contributed by atoms with Crippen molar-refractivity contribution in [2.75, 3.05) is 18.9 Å². The van der Waals surface area contributed by atoms with Gasteiger partial charge in [0.15, 0.2) is 17.0 Å². The first kappa shape index (κ1) is 22.7. The molecule has 30 heavy (non-hydrogen) atoms. The van der Waals surface area contributed by atoms with Gasteiger partial charge >= 0.3 is 13.6 Å². The average molecular weight is 467 g/mol. The predicted molar refractivity (Wildman–Crippen MR) is 100 cm³/mol. The highest BCUT2D eigenvalue weighted by Crippen LogP contribution is 2.44.